The summed E-state index contributed by atoms with van der Waals surface area (Å²) in [6, 6.07) is 8.75. The number of rotatable bonds is 7. The molecule has 1 aliphatic heterocycles. The molecule has 1 atom stereocenters. The molecule has 0 amide bonds. The monoisotopic (exact) mass is 386 g/mol. The smallest absolute Gasteiger partial charge is 0.306 e. The van der Waals surface area contributed by atoms with Crippen LogP contribution >= 0.6 is 0 Å². The fourth-order valence-electron chi connectivity index (χ4n) is 3.63. The summed E-state index contributed by atoms with van der Waals surface area (Å²) in [5, 5.41) is 9.10. The Balaban J connectivity index is 1.78. The van der Waals surface area contributed by atoms with E-state index in [2.05, 4.69) is 0 Å². The second-order valence-corrected chi connectivity index (χ2v) is 8.12. The first-order chi connectivity index (χ1) is 13.2. The first-order valence-corrected chi connectivity index (χ1v) is 9.66. The van der Waals surface area contributed by atoms with Crippen molar-refractivity contribution in [3.05, 3.63) is 58.4 Å². The summed E-state index contributed by atoms with van der Waals surface area (Å²) in [5.74, 6) is -0.0821. The zero-order valence-electron chi connectivity index (χ0n) is 16.8. The van der Waals surface area contributed by atoms with Gasteiger partial charge in [0.1, 0.15) is 29.5 Å². The maximum Gasteiger partial charge on any atom is 0.306 e. The second-order valence-electron chi connectivity index (χ2n) is 8.12. The van der Waals surface area contributed by atoms with Crippen molar-refractivity contribution < 1.29 is 23.8 Å². The van der Waals surface area contributed by atoms with E-state index >= 15 is 0 Å². The van der Waals surface area contributed by atoms with Gasteiger partial charge < -0.3 is 14.6 Å². The van der Waals surface area contributed by atoms with E-state index in [4.69, 9.17) is 14.6 Å². The highest BCUT2D eigenvalue weighted by Crippen LogP contribution is 2.39. The van der Waals surface area contributed by atoms with Crippen LogP contribution in [-0.2, 0) is 30.7 Å². The van der Waals surface area contributed by atoms with Gasteiger partial charge in [-0.05, 0) is 56.0 Å². The lowest BCUT2D eigenvalue weighted by molar-refractivity contribution is -0.141. The molecule has 0 bridgehead atoms. The van der Waals surface area contributed by atoms with E-state index in [0.29, 0.717) is 18.4 Å². The van der Waals surface area contributed by atoms with Crippen LogP contribution in [0.4, 0.5) is 4.39 Å². The van der Waals surface area contributed by atoms with Gasteiger partial charge in [-0.15, -0.1) is 0 Å². The Kier molecular flexibility index (Phi) is 5.64. The number of carboxylic acid groups (broad SMARTS) is 1. The van der Waals surface area contributed by atoms with Gasteiger partial charge in [-0.3, -0.25) is 4.79 Å². The number of hydrogen-bond donors (Lipinski definition) is 1. The van der Waals surface area contributed by atoms with Crippen LogP contribution in [0.3, 0.4) is 0 Å². The second kappa shape index (κ2) is 7.82. The molecule has 0 spiro atoms. The predicted molar refractivity (Wildman–Crippen MR) is 105 cm³/mol. The van der Waals surface area contributed by atoms with Gasteiger partial charge in [0, 0.05) is 17.5 Å². The third kappa shape index (κ3) is 4.46. The van der Waals surface area contributed by atoms with E-state index in [1.807, 2.05) is 39.0 Å². The molecule has 1 N–H and O–H groups in total. The molecule has 4 nitrogen and oxygen atoms in total. The van der Waals surface area contributed by atoms with Gasteiger partial charge in [0.25, 0.3) is 0 Å². The summed E-state index contributed by atoms with van der Waals surface area (Å²) in [7, 11) is 0. The molecule has 150 valence electrons. The summed E-state index contributed by atoms with van der Waals surface area (Å²) in [6.07, 6.45) is 1.90. The lowest BCUT2D eigenvalue weighted by atomic mass is 9.98. The Morgan fingerprint density at radius 2 is 2.04 bits per heavy atom. The molecule has 0 fully saturated rings. The van der Waals surface area contributed by atoms with Crippen molar-refractivity contribution in [2.45, 2.75) is 59.2 Å². The molecule has 0 radical (unpaired) electrons. The molecule has 3 rings (SSSR count). The highest BCUT2D eigenvalue weighted by atomic mass is 19.1. The molecular weight excluding hydrogens is 359 g/mol. The van der Waals surface area contributed by atoms with Crippen LogP contribution < -0.4 is 9.47 Å². The van der Waals surface area contributed by atoms with E-state index < -0.39 is 11.9 Å². The summed E-state index contributed by atoms with van der Waals surface area (Å²) < 4.78 is 26.0. The topological polar surface area (TPSA) is 55.8 Å². The van der Waals surface area contributed by atoms with Gasteiger partial charge in [-0.1, -0.05) is 26.0 Å². The normalized spacial score (nSPS) is 15.6. The first-order valence-electron chi connectivity index (χ1n) is 9.66. The van der Waals surface area contributed by atoms with E-state index in [-0.39, 0.29) is 18.0 Å². The average molecular weight is 386 g/mol. The molecule has 5 heteroatoms. The van der Waals surface area contributed by atoms with Crippen LogP contribution in [-0.4, -0.2) is 16.7 Å². The van der Waals surface area contributed by atoms with Crippen molar-refractivity contribution in [3.8, 4) is 11.5 Å². The van der Waals surface area contributed by atoms with Crippen molar-refractivity contribution in [3.63, 3.8) is 0 Å². The molecule has 2 aromatic rings. The molecule has 1 heterocycles. The van der Waals surface area contributed by atoms with E-state index in [9.17, 15) is 9.18 Å². The standard InChI is InChI=1S/C23H27FO4/c1-5-16-9-15(8-14(2)22(25)26)6-7-20(16)27-13-18-11-19(24)10-17-12-23(3,4)28-21(17)18/h6-7,9-11,14H,5,8,12-13H2,1-4H3,(H,25,26). The molecule has 1 unspecified atom stereocenters. The number of aliphatic carboxylic acids is 1. The fourth-order valence-corrected chi connectivity index (χ4v) is 3.63. The van der Waals surface area contributed by atoms with Gasteiger partial charge in [-0.25, -0.2) is 4.39 Å². The van der Waals surface area contributed by atoms with E-state index in [1.165, 1.54) is 12.1 Å². The minimum Gasteiger partial charge on any atom is -0.488 e. The van der Waals surface area contributed by atoms with Gasteiger partial charge in [0.05, 0.1) is 5.92 Å². The molecule has 28 heavy (non-hydrogen) atoms. The molecule has 0 saturated carbocycles. The fraction of sp³-hybridized carbons (Fsp3) is 0.435. The van der Waals surface area contributed by atoms with Crippen molar-refractivity contribution in [1.29, 1.82) is 0 Å². The number of fused-ring (bicyclic) bond motifs is 1. The number of carboxylic acids is 1. The Hall–Kier alpha value is -2.56. The molecule has 0 aromatic heterocycles. The Morgan fingerprint density at radius 3 is 2.71 bits per heavy atom. The van der Waals surface area contributed by atoms with Crippen molar-refractivity contribution >= 4 is 5.97 Å². The average Bonchev–Trinajstić information content (AvgIpc) is 2.93. The first kappa shape index (κ1) is 20.2. The van der Waals surface area contributed by atoms with E-state index in [1.54, 1.807) is 6.92 Å². The minimum absolute atomic E-state index is 0.216. The highest BCUT2D eigenvalue weighted by molar-refractivity contribution is 5.69. The van der Waals surface area contributed by atoms with Crippen LogP contribution in [0, 0.1) is 11.7 Å². The van der Waals surface area contributed by atoms with Crippen LogP contribution in [0.1, 0.15) is 49.9 Å². The van der Waals surface area contributed by atoms with E-state index in [0.717, 1.165) is 34.6 Å². The maximum absolute atomic E-state index is 14.0. The molecule has 0 saturated heterocycles. The van der Waals surface area contributed by atoms with Gasteiger partial charge >= 0.3 is 5.97 Å². The molecule has 1 aliphatic rings. The largest absolute Gasteiger partial charge is 0.488 e. The van der Waals surface area contributed by atoms with Gasteiger partial charge in [0.2, 0.25) is 0 Å². The lowest BCUT2D eigenvalue weighted by Crippen LogP contribution is -2.25. The third-order valence-corrected chi connectivity index (χ3v) is 5.05. The number of halogens is 1. The quantitative estimate of drug-likeness (QED) is 0.732. The predicted octanol–water partition coefficient (Wildman–Crippen LogP) is 4.94. The van der Waals surface area contributed by atoms with Gasteiger partial charge in [-0.2, -0.15) is 0 Å². The Labute approximate surface area is 165 Å². The molecule has 0 aliphatic carbocycles. The highest BCUT2D eigenvalue weighted by Gasteiger charge is 2.32. The van der Waals surface area contributed by atoms with Crippen molar-refractivity contribution in [2.24, 2.45) is 5.92 Å². The van der Waals surface area contributed by atoms with Crippen LogP contribution in [0.15, 0.2) is 30.3 Å². The number of hydrogen-bond acceptors (Lipinski definition) is 3. The van der Waals surface area contributed by atoms with Crippen LogP contribution in [0.25, 0.3) is 0 Å². The molecular formula is C23H27FO4. The summed E-state index contributed by atoms with van der Waals surface area (Å²) >= 11 is 0. The zero-order chi connectivity index (χ0) is 20.5. The number of carbonyl (C=O) groups is 1. The minimum atomic E-state index is -0.804. The van der Waals surface area contributed by atoms with Crippen LogP contribution in [0.2, 0.25) is 0 Å². The van der Waals surface area contributed by atoms with Crippen molar-refractivity contribution in [2.75, 3.05) is 0 Å². The molecule has 2 aromatic carbocycles. The number of ether oxygens (including phenoxy) is 2. The Morgan fingerprint density at radius 1 is 1.29 bits per heavy atom. The third-order valence-electron chi connectivity index (χ3n) is 5.05. The summed E-state index contributed by atoms with van der Waals surface area (Å²) in [4.78, 5) is 11.1. The zero-order valence-corrected chi connectivity index (χ0v) is 16.8. The van der Waals surface area contributed by atoms with Gasteiger partial charge in [0.15, 0.2) is 0 Å². The number of aryl methyl sites for hydroxylation is 1. The lowest BCUT2D eigenvalue weighted by Gasteiger charge is -2.19. The van der Waals surface area contributed by atoms with Crippen LogP contribution in [0.5, 0.6) is 11.5 Å². The van der Waals surface area contributed by atoms with Crippen molar-refractivity contribution in [1.82, 2.24) is 0 Å². The maximum atomic E-state index is 14.0. The SMILES string of the molecule is CCc1cc(CC(C)C(=O)O)ccc1OCc1cc(F)cc2c1OC(C)(C)C2. The Bertz CT molecular complexity index is 888. The number of benzene rings is 2. The summed E-state index contributed by atoms with van der Waals surface area (Å²) in [5.41, 5.74) is 3.20. The summed E-state index contributed by atoms with van der Waals surface area (Å²) in [6.45, 7) is 7.92.